The largest absolute Gasteiger partial charge is 0.503 e. The second-order valence-electron chi connectivity index (χ2n) is 6.00. The van der Waals surface area contributed by atoms with Crippen LogP contribution in [0.3, 0.4) is 0 Å². The van der Waals surface area contributed by atoms with Crippen LogP contribution in [0.1, 0.15) is 30.1 Å². The Hall–Kier alpha value is -2.14. The van der Waals surface area contributed by atoms with Crippen molar-refractivity contribution in [1.29, 1.82) is 0 Å². The van der Waals surface area contributed by atoms with E-state index in [4.69, 9.17) is 0 Å². The minimum atomic E-state index is -0.297. The molecule has 1 aliphatic rings. The van der Waals surface area contributed by atoms with E-state index in [1.807, 2.05) is 12.1 Å². The molecule has 0 amide bonds. The molecule has 0 aliphatic heterocycles. The van der Waals surface area contributed by atoms with Crippen molar-refractivity contribution in [3.05, 3.63) is 58.3 Å². The molecule has 2 aromatic heterocycles. The molecule has 1 N–H and O–H groups in total. The summed E-state index contributed by atoms with van der Waals surface area (Å²) in [6.45, 7) is 1.61. The van der Waals surface area contributed by atoms with Crippen LogP contribution in [-0.4, -0.2) is 33.1 Å². The average Bonchev–Trinajstić information content (AvgIpc) is 3.34. The number of hydrogen-bond acceptors (Lipinski definition) is 4. The maximum atomic E-state index is 11.7. The Labute approximate surface area is 129 Å². The van der Waals surface area contributed by atoms with Crippen LogP contribution in [-0.2, 0) is 13.0 Å². The van der Waals surface area contributed by atoms with Crippen molar-refractivity contribution in [3.8, 4) is 5.75 Å². The molecular weight excluding hydrogens is 278 g/mol. The third-order valence-corrected chi connectivity index (χ3v) is 4.05. The van der Waals surface area contributed by atoms with Gasteiger partial charge in [-0.3, -0.25) is 9.78 Å². The maximum absolute atomic E-state index is 11.7. The Morgan fingerprint density at radius 1 is 1.36 bits per heavy atom. The molecule has 0 aromatic carbocycles. The van der Waals surface area contributed by atoms with E-state index in [2.05, 4.69) is 21.5 Å². The summed E-state index contributed by atoms with van der Waals surface area (Å²) in [5, 5.41) is 9.63. The van der Waals surface area contributed by atoms with Crippen molar-refractivity contribution < 1.29 is 5.11 Å². The normalized spacial score (nSPS) is 14.5. The molecule has 0 atom stereocenters. The number of rotatable bonds is 6. The fourth-order valence-electron chi connectivity index (χ4n) is 2.62. The highest BCUT2D eigenvalue weighted by atomic mass is 16.3. The average molecular weight is 299 g/mol. The molecular formula is C17H21N3O2. The van der Waals surface area contributed by atoms with Gasteiger partial charge >= 0.3 is 0 Å². The summed E-state index contributed by atoms with van der Waals surface area (Å²) < 4.78 is 2.06. The Bertz CT molecular complexity index is 693. The summed E-state index contributed by atoms with van der Waals surface area (Å²) in [6.07, 6.45) is 8.39. The number of hydrogen-bond donors (Lipinski definition) is 1. The Kier molecular flexibility index (Phi) is 4.24. The van der Waals surface area contributed by atoms with Gasteiger partial charge in [0, 0.05) is 43.3 Å². The first-order valence-electron chi connectivity index (χ1n) is 7.65. The van der Waals surface area contributed by atoms with Crippen LogP contribution in [0.4, 0.5) is 0 Å². The van der Waals surface area contributed by atoms with Gasteiger partial charge < -0.3 is 14.6 Å². The van der Waals surface area contributed by atoms with Gasteiger partial charge in [0.15, 0.2) is 5.75 Å². The quantitative estimate of drug-likeness (QED) is 0.886. The van der Waals surface area contributed by atoms with Crippen molar-refractivity contribution in [2.24, 2.45) is 0 Å². The van der Waals surface area contributed by atoms with Crippen LogP contribution in [0, 0.1) is 0 Å². The molecule has 5 heteroatoms. The lowest BCUT2D eigenvalue weighted by Crippen LogP contribution is -2.24. The summed E-state index contributed by atoms with van der Waals surface area (Å²) in [7, 11) is 2.05. The van der Waals surface area contributed by atoms with Gasteiger partial charge in [0.25, 0.3) is 0 Å². The van der Waals surface area contributed by atoms with E-state index in [0.717, 1.165) is 31.5 Å². The molecule has 1 aliphatic carbocycles. The molecule has 5 nitrogen and oxygen atoms in total. The molecule has 116 valence electrons. The van der Waals surface area contributed by atoms with E-state index in [1.54, 1.807) is 24.7 Å². The standard InChI is InChI=1S/C17H21N3O2/c1-19(9-6-13-4-7-18-8-5-13)11-15-10-16(21)17(22)12-20(15)14-2-3-14/h4-5,7-8,10,12,14,22H,2-3,6,9,11H2,1H3. The first-order chi connectivity index (χ1) is 10.6. The van der Waals surface area contributed by atoms with Crippen molar-refractivity contribution in [2.45, 2.75) is 31.8 Å². The zero-order valence-electron chi connectivity index (χ0n) is 12.8. The third kappa shape index (κ3) is 3.54. The SMILES string of the molecule is CN(CCc1ccncc1)Cc1cc(=O)c(O)cn1C1CC1. The van der Waals surface area contributed by atoms with Crippen LogP contribution < -0.4 is 5.43 Å². The topological polar surface area (TPSA) is 58.4 Å². The molecule has 0 bridgehead atoms. The highest BCUT2D eigenvalue weighted by molar-refractivity contribution is 5.22. The van der Waals surface area contributed by atoms with E-state index in [0.29, 0.717) is 12.6 Å². The van der Waals surface area contributed by atoms with E-state index in [-0.39, 0.29) is 11.2 Å². The van der Waals surface area contributed by atoms with Crippen LogP contribution >= 0.6 is 0 Å². The number of nitrogens with zero attached hydrogens (tertiary/aromatic N) is 3. The molecule has 22 heavy (non-hydrogen) atoms. The first kappa shape index (κ1) is 14.8. The van der Waals surface area contributed by atoms with Gasteiger partial charge in [0.2, 0.25) is 5.43 Å². The summed E-state index contributed by atoms with van der Waals surface area (Å²) >= 11 is 0. The first-order valence-corrected chi connectivity index (χ1v) is 7.65. The Morgan fingerprint density at radius 2 is 2.09 bits per heavy atom. The van der Waals surface area contributed by atoms with Crippen molar-refractivity contribution in [3.63, 3.8) is 0 Å². The number of aromatic nitrogens is 2. The summed E-state index contributed by atoms with van der Waals surface area (Å²) in [5.41, 5.74) is 1.93. The highest BCUT2D eigenvalue weighted by Gasteiger charge is 2.25. The van der Waals surface area contributed by atoms with Crippen molar-refractivity contribution >= 4 is 0 Å². The van der Waals surface area contributed by atoms with Gasteiger partial charge in [-0.1, -0.05) is 0 Å². The lowest BCUT2D eigenvalue weighted by molar-refractivity contribution is 0.319. The molecule has 0 radical (unpaired) electrons. The van der Waals surface area contributed by atoms with Crippen molar-refractivity contribution in [1.82, 2.24) is 14.5 Å². The fraction of sp³-hybridized carbons (Fsp3) is 0.412. The fourth-order valence-corrected chi connectivity index (χ4v) is 2.62. The molecule has 1 fully saturated rings. The highest BCUT2D eigenvalue weighted by Crippen LogP contribution is 2.36. The van der Waals surface area contributed by atoms with Gasteiger partial charge in [-0.05, 0) is 44.0 Å². The number of pyridine rings is 2. The van der Waals surface area contributed by atoms with Crippen LogP contribution in [0.2, 0.25) is 0 Å². The van der Waals surface area contributed by atoms with Crippen LogP contribution in [0.5, 0.6) is 5.75 Å². The van der Waals surface area contributed by atoms with E-state index in [9.17, 15) is 9.90 Å². The zero-order chi connectivity index (χ0) is 15.5. The lowest BCUT2D eigenvalue weighted by atomic mass is 10.2. The third-order valence-electron chi connectivity index (χ3n) is 4.05. The molecule has 3 rings (SSSR count). The summed E-state index contributed by atoms with van der Waals surface area (Å²) in [6, 6.07) is 6.05. The summed E-state index contributed by atoms with van der Waals surface area (Å²) in [4.78, 5) is 17.9. The minimum absolute atomic E-state index is 0.157. The number of aromatic hydroxyl groups is 1. The van der Waals surface area contributed by atoms with Gasteiger partial charge in [0.05, 0.1) is 6.20 Å². The maximum Gasteiger partial charge on any atom is 0.223 e. The molecule has 2 aromatic rings. The van der Waals surface area contributed by atoms with Gasteiger partial charge in [-0.15, -0.1) is 0 Å². The van der Waals surface area contributed by atoms with Crippen molar-refractivity contribution in [2.75, 3.05) is 13.6 Å². The summed E-state index contributed by atoms with van der Waals surface area (Å²) in [5.74, 6) is -0.157. The Morgan fingerprint density at radius 3 is 2.77 bits per heavy atom. The van der Waals surface area contributed by atoms with Gasteiger partial charge in [0.1, 0.15) is 0 Å². The number of likely N-dealkylation sites (N-methyl/N-ethyl adjacent to an activating group) is 1. The predicted molar refractivity (Wildman–Crippen MR) is 84.9 cm³/mol. The molecule has 0 unspecified atom stereocenters. The minimum Gasteiger partial charge on any atom is -0.503 e. The van der Waals surface area contributed by atoms with E-state index in [1.165, 1.54) is 5.56 Å². The monoisotopic (exact) mass is 299 g/mol. The van der Waals surface area contributed by atoms with E-state index < -0.39 is 0 Å². The second-order valence-corrected chi connectivity index (χ2v) is 6.00. The molecule has 0 saturated heterocycles. The van der Waals surface area contributed by atoms with Crippen LogP contribution in [0.25, 0.3) is 0 Å². The van der Waals surface area contributed by atoms with E-state index >= 15 is 0 Å². The molecule has 2 heterocycles. The van der Waals surface area contributed by atoms with Gasteiger partial charge in [-0.25, -0.2) is 0 Å². The van der Waals surface area contributed by atoms with Crippen LogP contribution in [0.15, 0.2) is 41.6 Å². The lowest BCUT2D eigenvalue weighted by Gasteiger charge is -2.20. The zero-order valence-corrected chi connectivity index (χ0v) is 12.8. The second kappa shape index (κ2) is 6.32. The van der Waals surface area contributed by atoms with Gasteiger partial charge in [-0.2, -0.15) is 0 Å². The Balaban J connectivity index is 1.67. The smallest absolute Gasteiger partial charge is 0.223 e. The molecule has 1 saturated carbocycles. The molecule has 0 spiro atoms. The predicted octanol–water partition coefficient (Wildman–Crippen LogP) is 1.96.